The minimum Gasteiger partial charge on any atom is -0.311 e. The molecule has 0 amide bonds. The Balaban J connectivity index is 2.05. The average Bonchev–Trinajstić information content (AvgIpc) is 2.50. The molecule has 1 N–H and O–H groups in total. The number of rotatable bonds is 6. The molecular weight excluding hydrogens is 182 g/mol. The van der Waals surface area contributed by atoms with Crippen molar-refractivity contribution in [3.8, 4) is 0 Å². The fourth-order valence-corrected chi connectivity index (χ4v) is 2.68. The minimum absolute atomic E-state index is 0.721. The van der Waals surface area contributed by atoms with Crippen LogP contribution in [0.1, 0.15) is 66.2 Å². The van der Waals surface area contributed by atoms with Gasteiger partial charge in [-0.1, -0.05) is 33.6 Å². The van der Waals surface area contributed by atoms with E-state index in [2.05, 4.69) is 33.0 Å². The summed E-state index contributed by atoms with van der Waals surface area (Å²) >= 11 is 0. The molecule has 0 aromatic rings. The summed E-state index contributed by atoms with van der Waals surface area (Å²) < 4.78 is 0. The molecule has 0 aromatic heterocycles. The van der Waals surface area contributed by atoms with Crippen LogP contribution in [-0.4, -0.2) is 12.1 Å². The molecule has 90 valence electrons. The van der Waals surface area contributed by atoms with E-state index in [1.54, 1.807) is 0 Å². The van der Waals surface area contributed by atoms with Crippen LogP contribution in [0.4, 0.5) is 0 Å². The van der Waals surface area contributed by atoms with Gasteiger partial charge < -0.3 is 5.32 Å². The summed E-state index contributed by atoms with van der Waals surface area (Å²) in [6, 6.07) is 1.54. The molecule has 1 fully saturated rings. The molecule has 3 atom stereocenters. The molecule has 1 heteroatoms. The van der Waals surface area contributed by atoms with Gasteiger partial charge in [0.15, 0.2) is 0 Å². The van der Waals surface area contributed by atoms with Crippen molar-refractivity contribution in [2.24, 2.45) is 11.8 Å². The first-order valence-corrected chi connectivity index (χ1v) is 6.84. The highest BCUT2D eigenvalue weighted by atomic mass is 14.9. The molecule has 1 nitrogen and oxygen atoms in total. The van der Waals surface area contributed by atoms with E-state index >= 15 is 0 Å². The van der Waals surface area contributed by atoms with E-state index in [0.717, 1.165) is 23.9 Å². The van der Waals surface area contributed by atoms with Crippen molar-refractivity contribution in [3.63, 3.8) is 0 Å². The van der Waals surface area contributed by atoms with Crippen molar-refractivity contribution in [3.05, 3.63) is 0 Å². The third-order valence-electron chi connectivity index (χ3n) is 3.63. The van der Waals surface area contributed by atoms with Gasteiger partial charge in [-0.15, -0.1) is 0 Å². The number of hydrogen-bond donors (Lipinski definition) is 1. The van der Waals surface area contributed by atoms with Crippen molar-refractivity contribution in [2.45, 2.75) is 78.3 Å². The maximum Gasteiger partial charge on any atom is 0.00721 e. The molecule has 0 heterocycles. The van der Waals surface area contributed by atoms with E-state index in [-0.39, 0.29) is 0 Å². The SMILES string of the molecule is CC(C)CCCC(C)NC1CCC(C)C1. The molecule has 0 spiro atoms. The van der Waals surface area contributed by atoms with E-state index in [1.807, 2.05) is 0 Å². The zero-order valence-electron chi connectivity index (χ0n) is 11.1. The molecule has 15 heavy (non-hydrogen) atoms. The van der Waals surface area contributed by atoms with E-state index in [9.17, 15) is 0 Å². The highest BCUT2D eigenvalue weighted by Crippen LogP contribution is 2.25. The molecule has 0 aromatic carbocycles. The Morgan fingerprint density at radius 2 is 1.87 bits per heavy atom. The van der Waals surface area contributed by atoms with E-state index in [1.165, 1.54) is 38.5 Å². The van der Waals surface area contributed by atoms with Crippen LogP contribution in [0, 0.1) is 11.8 Å². The molecule has 0 bridgehead atoms. The van der Waals surface area contributed by atoms with Gasteiger partial charge in [0.05, 0.1) is 0 Å². The molecule has 1 rings (SSSR count). The largest absolute Gasteiger partial charge is 0.311 e. The lowest BCUT2D eigenvalue weighted by Crippen LogP contribution is -2.34. The Kier molecular flexibility index (Phi) is 5.66. The Labute approximate surface area is 96.0 Å². The Morgan fingerprint density at radius 3 is 2.40 bits per heavy atom. The topological polar surface area (TPSA) is 12.0 Å². The predicted molar refractivity (Wildman–Crippen MR) is 68.1 cm³/mol. The van der Waals surface area contributed by atoms with Gasteiger partial charge >= 0.3 is 0 Å². The summed E-state index contributed by atoms with van der Waals surface area (Å²) in [5.74, 6) is 1.81. The highest BCUT2D eigenvalue weighted by Gasteiger charge is 2.21. The van der Waals surface area contributed by atoms with Crippen LogP contribution in [0.2, 0.25) is 0 Å². The van der Waals surface area contributed by atoms with Crippen LogP contribution in [-0.2, 0) is 0 Å². The number of hydrogen-bond acceptors (Lipinski definition) is 1. The predicted octanol–water partition coefficient (Wildman–Crippen LogP) is 3.98. The maximum absolute atomic E-state index is 3.78. The molecule has 0 radical (unpaired) electrons. The monoisotopic (exact) mass is 211 g/mol. The first kappa shape index (κ1) is 13.0. The van der Waals surface area contributed by atoms with Gasteiger partial charge in [0.25, 0.3) is 0 Å². The van der Waals surface area contributed by atoms with Crippen molar-refractivity contribution in [2.75, 3.05) is 0 Å². The van der Waals surface area contributed by atoms with Gasteiger partial charge in [0, 0.05) is 12.1 Å². The van der Waals surface area contributed by atoms with E-state index < -0.39 is 0 Å². The fourth-order valence-electron chi connectivity index (χ4n) is 2.68. The molecule has 1 saturated carbocycles. The summed E-state index contributed by atoms with van der Waals surface area (Å²) in [7, 11) is 0. The molecule has 1 aliphatic rings. The zero-order valence-corrected chi connectivity index (χ0v) is 11.1. The summed E-state index contributed by atoms with van der Waals surface area (Å²) in [5.41, 5.74) is 0. The summed E-state index contributed by atoms with van der Waals surface area (Å²) in [6.07, 6.45) is 8.34. The van der Waals surface area contributed by atoms with Crippen LogP contribution in [0.15, 0.2) is 0 Å². The van der Waals surface area contributed by atoms with Crippen LogP contribution >= 0.6 is 0 Å². The lowest BCUT2D eigenvalue weighted by atomic mass is 10.0. The van der Waals surface area contributed by atoms with E-state index in [4.69, 9.17) is 0 Å². The Morgan fingerprint density at radius 1 is 1.13 bits per heavy atom. The Hall–Kier alpha value is -0.0400. The second-order valence-electron chi connectivity index (χ2n) is 6.01. The maximum atomic E-state index is 3.78. The normalized spacial score (nSPS) is 28.6. The summed E-state index contributed by atoms with van der Waals surface area (Å²) in [4.78, 5) is 0. The second-order valence-corrected chi connectivity index (χ2v) is 6.01. The van der Waals surface area contributed by atoms with Crippen LogP contribution < -0.4 is 5.32 Å². The van der Waals surface area contributed by atoms with Gasteiger partial charge in [-0.3, -0.25) is 0 Å². The first-order chi connectivity index (χ1) is 7.08. The van der Waals surface area contributed by atoms with E-state index in [0.29, 0.717) is 0 Å². The van der Waals surface area contributed by atoms with Crippen molar-refractivity contribution in [1.29, 1.82) is 0 Å². The quantitative estimate of drug-likeness (QED) is 0.701. The Bertz CT molecular complexity index is 165. The molecule has 0 aliphatic heterocycles. The number of nitrogens with one attached hydrogen (secondary N) is 1. The fraction of sp³-hybridized carbons (Fsp3) is 1.00. The van der Waals surface area contributed by atoms with Gasteiger partial charge in [-0.25, -0.2) is 0 Å². The van der Waals surface area contributed by atoms with Gasteiger partial charge in [-0.05, 0) is 44.4 Å². The first-order valence-electron chi connectivity index (χ1n) is 6.84. The zero-order chi connectivity index (χ0) is 11.3. The molecule has 3 unspecified atom stereocenters. The van der Waals surface area contributed by atoms with Gasteiger partial charge in [0.2, 0.25) is 0 Å². The highest BCUT2D eigenvalue weighted by molar-refractivity contribution is 4.80. The molecular formula is C14H29N. The lowest BCUT2D eigenvalue weighted by Gasteiger charge is -2.19. The van der Waals surface area contributed by atoms with Gasteiger partial charge in [-0.2, -0.15) is 0 Å². The summed E-state index contributed by atoms with van der Waals surface area (Å²) in [5, 5.41) is 3.78. The lowest BCUT2D eigenvalue weighted by molar-refractivity contribution is 0.401. The van der Waals surface area contributed by atoms with Crippen LogP contribution in [0.25, 0.3) is 0 Å². The van der Waals surface area contributed by atoms with Crippen molar-refractivity contribution < 1.29 is 0 Å². The minimum atomic E-state index is 0.721. The third-order valence-corrected chi connectivity index (χ3v) is 3.63. The van der Waals surface area contributed by atoms with Crippen LogP contribution in [0.5, 0.6) is 0 Å². The summed E-state index contributed by atoms with van der Waals surface area (Å²) in [6.45, 7) is 9.36. The average molecular weight is 211 g/mol. The molecule has 1 aliphatic carbocycles. The second kappa shape index (κ2) is 6.52. The van der Waals surface area contributed by atoms with Gasteiger partial charge in [0.1, 0.15) is 0 Å². The molecule has 0 saturated heterocycles. The third kappa shape index (κ3) is 5.55. The van der Waals surface area contributed by atoms with Crippen molar-refractivity contribution >= 4 is 0 Å². The standard InChI is InChI=1S/C14H29N/c1-11(2)6-5-7-13(4)15-14-9-8-12(3)10-14/h11-15H,5-10H2,1-4H3. The smallest absolute Gasteiger partial charge is 0.00721 e. The van der Waals surface area contributed by atoms with Crippen LogP contribution in [0.3, 0.4) is 0 Å². The van der Waals surface area contributed by atoms with Crippen molar-refractivity contribution in [1.82, 2.24) is 5.32 Å².